The van der Waals surface area contributed by atoms with Gasteiger partial charge in [-0.15, -0.1) is 0 Å². The molecule has 0 atom stereocenters. The Hall–Kier alpha value is -0.306. The predicted octanol–water partition coefficient (Wildman–Crippen LogP) is -0.180. The molecular formula is C7H13NO6Ti. The van der Waals surface area contributed by atoms with Crippen molar-refractivity contribution in [2.75, 3.05) is 21.3 Å². The Kier molecular flexibility index (Phi) is 4.38. The zero-order chi connectivity index (χ0) is 11.5. The van der Waals surface area contributed by atoms with Gasteiger partial charge in [-0.1, -0.05) is 0 Å². The standard InChI is InChI=1S/C4H4NO3.3CH3O.Ti/c6-3-1-2-4(7)5(3)8;3*1-2;/h1-2H2;3*1H3;/q4*-1;+4. The number of carbonyl (C=O) groups excluding carboxylic acids is 2. The van der Waals surface area contributed by atoms with Gasteiger partial charge in [-0.05, 0) is 0 Å². The van der Waals surface area contributed by atoms with Crippen molar-refractivity contribution in [1.29, 1.82) is 0 Å². The molecule has 86 valence electrons. The Morgan fingerprint density at radius 3 is 1.73 bits per heavy atom. The second-order valence-electron chi connectivity index (χ2n) is 2.79. The summed E-state index contributed by atoms with van der Waals surface area (Å²) >= 11 is -3.91. The minimum atomic E-state index is -3.91. The third-order valence-corrected chi connectivity index (χ3v) is 4.94. The molecule has 2 amide bonds. The van der Waals surface area contributed by atoms with Crippen LogP contribution < -0.4 is 0 Å². The van der Waals surface area contributed by atoms with Crippen molar-refractivity contribution in [3.8, 4) is 0 Å². The normalized spacial score (nSPS) is 17.7. The summed E-state index contributed by atoms with van der Waals surface area (Å²) in [4.78, 5) is 22.5. The average molecular weight is 255 g/mol. The van der Waals surface area contributed by atoms with E-state index in [0.717, 1.165) is 0 Å². The van der Waals surface area contributed by atoms with Gasteiger partial charge in [0.1, 0.15) is 0 Å². The molecule has 1 rings (SSSR count). The fourth-order valence-corrected chi connectivity index (χ4v) is 2.93. The van der Waals surface area contributed by atoms with Gasteiger partial charge in [0.25, 0.3) is 0 Å². The first-order valence-electron chi connectivity index (χ1n) is 4.29. The molecule has 0 aromatic rings. The van der Waals surface area contributed by atoms with E-state index in [2.05, 4.69) is 0 Å². The van der Waals surface area contributed by atoms with Gasteiger partial charge in [0.05, 0.1) is 0 Å². The van der Waals surface area contributed by atoms with E-state index < -0.39 is 30.0 Å². The van der Waals surface area contributed by atoms with Gasteiger partial charge < -0.3 is 0 Å². The van der Waals surface area contributed by atoms with E-state index in [9.17, 15) is 9.59 Å². The van der Waals surface area contributed by atoms with Crippen molar-refractivity contribution in [1.82, 2.24) is 5.06 Å². The van der Waals surface area contributed by atoms with Crippen molar-refractivity contribution in [2.45, 2.75) is 12.8 Å². The van der Waals surface area contributed by atoms with Crippen molar-refractivity contribution in [3.05, 3.63) is 0 Å². The monoisotopic (exact) mass is 255 g/mol. The first-order valence-corrected chi connectivity index (χ1v) is 6.84. The number of hydrogen-bond donors (Lipinski definition) is 0. The molecule has 0 unspecified atom stereocenters. The number of nitrogens with zero attached hydrogens (tertiary/aromatic N) is 1. The number of hydrogen-bond acceptors (Lipinski definition) is 6. The topological polar surface area (TPSA) is 74.3 Å². The van der Waals surface area contributed by atoms with Crippen LogP contribution in [0.2, 0.25) is 0 Å². The number of carbonyl (C=O) groups is 2. The van der Waals surface area contributed by atoms with E-state index in [1.165, 1.54) is 21.3 Å². The van der Waals surface area contributed by atoms with Crippen LogP contribution in [-0.2, 0) is 41.1 Å². The van der Waals surface area contributed by atoms with Gasteiger partial charge in [0.15, 0.2) is 0 Å². The SMILES string of the molecule is C[O][Ti]([O]C)([O]C)[O]N1C(=O)CCC1=O. The van der Waals surface area contributed by atoms with E-state index >= 15 is 0 Å². The fraction of sp³-hybridized carbons (Fsp3) is 0.714. The van der Waals surface area contributed by atoms with Crippen LogP contribution in [-0.4, -0.2) is 38.2 Å². The van der Waals surface area contributed by atoms with Crippen molar-refractivity contribution in [3.63, 3.8) is 0 Å². The summed E-state index contributed by atoms with van der Waals surface area (Å²) in [5.41, 5.74) is 0. The summed E-state index contributed by atoms with van der Waals surface area (Å²) in [6.45, 7) is 0. The molecule has 0 radical (unpaired) electrons. The van der Waals surface area contributed by atoms with E-state index in [-0.39, 0.29) is 12.8 Å². The molecule has 1 heterocycles. The maximum atomic E-state index is 11.3. The first-order chi connectivity index (χ1) is 7.08. The molecule has 8 heteroatoms. The van der Waals surface area contributed by atoms with Crippen molar-refractivity contribution >= 4 is 11.8 Å². The molecule has 0 N–H and O–H groups in total. The number of hydroxylamine groups is 2. The van der Waals surface area contributed by atoms with Gasteiger partial charge in [-0.25, -0.2) is 0 Å². The Balaban J connectivity index is 2.73. The molecule has 1 saturated heterocycles. The molecule has 7 nitrogen and oxygen atoms in total. The van der Waals surface area contributed by atoms with Crippen molar-refractivity contribution < 1.29 is 41.1 Å². The van der Waals surface area contributed by atoms with Crippen LogP contribution in [0.5, 0.6) is 0 Å². The molecule has 1 aliphatic rings. The van der Waals surface area contributed by atoms with Gasteiger partial charge in [-0.3, -0.25) is 0 Å². The molecule has 1 aliphatic heterocycles. The number of imide groups is 1. The van der Waals surface area contributed by atoms with Gasteiger partial charge in [0, 0.05) is 0 Å². The zero-order valence-corrected chi connectivity index (χ0v) is 10.4. The molecule has 0 aromatic heterocycles. The third-order valence-electron chi connectivity index (χ3n) is 1.96. The van der Waals surface area contributed by atoms with Gasteiger partial charge in [-0.2, -0.15) is 0 Å². The fourth-order valence-electron chi connectivity index (χ4n) is 1.13. The van der Waals surface area contributed by atoms with Gasteiger partial charge in [0.2, 0.25) is 0 Å². The van der Waals surface area contributed by atoms with Crippen LogP contribution in [0.25, 0.3) is 0 Å². The Morgan fingerprint density at radius 2 is 1.40 bits per heavy atom. The Morgan fingerprint density at radius 1 is 1.00 bits per heavy atom. The third kappa shape index (κ3) is 2.63. The first kappa shape index (κ1) is 12.8. The zero-order valence-electron chi connectivity index (χ0n) is 8.81. The summed E-state index contributed by atoms with van der Waals surface area (Å²) in [6, 6.07) is 0. The summed E-state index contributed by atoms with van der Waals surface area (Å²) in [6.07, 6.45) is 0.294. The van der Waals surface area contributed by atoms with Crippen molar-refractivity contribution in [2.24, 2.45) is 0 Å². The molecule has 1 fully saturated rings. The maximum absolute atomic E-state index is 11.3. The quantitative estimate of drug-likeness (QED) is 0.501. The summed E-state index contributed by atoms with van der Waals surface area (Å²) in [5.74, 6) is -0.803. The van der Waals surface area contributed by atoms with Gasteiger partial charge >= 0.3 is 92.2 Å². The van der Waals surface area contributed by atoms with Crippen LogP contribution in [0.15, 0.2) is 0 Å². The van der Waals surface area contributed by atoms with Crippen LogP contribution in [0, 0.1) is 0 Å². The second-order valence-corrected chi connectivity index (χ2v) is 6.54. The van der Waals surface area contributed by atoms with E-state index in [1.807, 2.05) is 0 Å². The summed E-state index contributed by atoms with van der Waals surface area (Å²) in [7, 11) is 4.04. The van der Waals surface area contributed by atoms with Crippen LogP contribution >= 0.6 is 0 Å². The predicted molar refractivity (Wildman–Crippen MR) is 43.2 cm³/mol. The molecule has 0 bridgehead atoms. The second kappa shape index (κ2) is 5.15. The molecule has 0 saturated carbocycles. The molecule has 0 aliphatic carbocycles. The molecule has 0 spiro atoms. The number of rotatable bonds is 5. The van der Waals surface area contributed by atoms with E-state index in [1.54, 1.807) is 0 Å². The molecule has 0 aromatic carbocycles. The van der Waals surface area contributed by atoms with Crippen LogP contribution in [0.1, 0.15) is 12.8 Å². The summed E-state index contributed by atoms with van der Waals surface area (Å²) < 4.78 is 20.0. The average Bonchev–Trinajstić information content (AvgIpc) is 2.57. The molecular weight excluding hydrogens is 242 g/mol. The Labute approximate surface area is 92.4 Å². The minimum absolute atomic E-state index is 0.147. The molecule has 15 heavy (non-hydrogen) atoms. The van der Waals surface area contributed by atoms with Crippen LogP contribution in [0.3, 0.4) is 0 Å². The van der Waals surface area contributed by atoms with E-state index in [0.29, 0.717) is 5.06 Å². The Bertz CT molecular complexity index is 242. The summed E-state index contributed by atoms with van der Waals surface area (Å²) in [5, 5.41) is 0.677. The number of amides is 2. The van der Waals surface area contributed by atoms with E-state index in [4.69, 9.17) is 13.4 Å². The van der Waals surface area contributed by atoms with Crippen LogP contribution in [0.4, 0.5) is 0 Å².